The zero-order valence-electron chi connectivity index (χ0n) is 10.0. The molecule has 100 valence electrons. The summed E-state index contributed by atoms with van der Waals surface area (Å²) in [5.41, 5.74) is 0.519. The number of para-hydroxylation sites is 1. The van der Waals surface area contributed by atoms with Crippen molar-refractivity contribution >= 4 is 15.9 Å². The van der Waals surface area contributed by atoms with Crippen molar-refractivity contribution in [3.05, 3.63) is 57.8 Å². The number of ether oxygens (including phenoxy) is 1. The average Bonchev–Trinajstić information content (AvgIpc) is 2.93. The lowest BCUT2D eigenvalue weighted by molar-refractivity contribution is 0.420. The van der Waals surface area contributed by atoms with Crippen LogP contribution in [0.1, 0.15) is 0 Å². The van der Waals surface area contributed by atoms with Crippen LogP contribution in [0.4, 0.5) is 0 Å². The van der Waals surface area contributed by atoms with Gasteiger partial charge in [0.2, 0.25) is 5.88 Å². The molecule has 0 amide bonds. The van der Waals surface area contributed by atoms with Gasteiger partial charge in [0, 0.05) is 0 Å². The van der Waals surface area contributed by atoms with Crippen molar-refractivity contribution in [2.24, 2.45) is 0 Å². The van der Waals surface area contributed by atoms with Gasteiger partial charge in [0.15, 0.2) is 0 Å². The summed E-state index contributed by atoms with van der Waals surface area (Å²) in [6.07, 6.45) is 2.77. The second kappa shape index (κ2) is 5.25. The van der Waals surface area contributed by atoms with Crippen LogP contribution in [0.2, 0.25) is 0 Å². The van der Waals surface area contributed by atoms with E-state index in [2.05, 4.69) is 36.0 Å². The summed E-state index contributed by atoms with van der Waals surface area (Å²) in [6.45, 7) is 0. The first kappa shape index (κ1) is 12.5. The molecule has 2 heterocycles. The summed E-state index contributed by atoms with van der Waals surface area (Å²) in [4.78, 5) is 21.7. The lowest BCUT2D eigenvalue weighted by atomic mass is 10.3. The van der Waals surface area contributed by atoms with Crippen molar-refractivity contribution in [2.75, 3.05) is 0 Å². The fourth-order valence-corrected chi connectivity index (χ4v) is 1.82. The van der Waals surface area contributed by atoms with Gasteiger partial charge in [-0.15, -0.1) is 5.10 Å². The molecule has 0 saturated carbocycles. The Labute approximate surface area is 121 Å². The van der Waals surface area contributed by atoms with E-state index in [4.69, 9.17) is 4.74 Å². The van der Waals surface area contributed by atoms with Crippen LogP contribution in [0.25, 0.3) is 5.69 Å². The molecule has 0 bridgehead atoms. The number of aromatic nitrogens is 5. The van der Waals surface area contributed by atoms with Gasteiger partial charge in [0.25, 0.3) is 5.56 Å². The molecule has 0 aliphatic heterocycles. The van der Waals surface area contributed by atoms with Crippen molar-refractivity contribution < 1.29 is 4.74 Å². The molecule has 1 aromatic carbocycles. The Bertz CT molecular complexity index is 784. The van der Waals surface area contributed by atoms with Crippen molar-refractivity contribution in [3.8, 4) is 17.6 Å². The lowest BCUT2D eigenvalue weighted by Gasteiger charge is -2.01. The largest absolute Gasteiger partial charge is 0.403 e. The highest BCUT2D eigenvalue weighted by atomic mass is 79.9. The molecular weight excluding hydrogens is 326 g/mol. The van der Waals surface area contributed by atoms with E-state index in [1.54, 1.807) is 4.68 Å². The monoisotopic (exact) mass is 333 g/mol. The molecule has 0 saturated heterocycles. The van der Waals surface area contributed by atoms with E-state index < -0.39 is 0 Å². The van der Waals surface area contributed by atoms with Crippen LogP contribution >= 0.6 is 15.9 Å². The average molecular weight is 334 g/mol. The van der Waals surface area contributed by atoms with Gasteiger partial charge in [0.05, 0.1) is 12.0 Å². The summed E-state index contributed by atoms with van der Waals surface area (Å²) in [7, 11) is 0. The van der Waals surface area contributed by atoms with Crippen LogP contribution in [0, 0.1) is 0 Å². The Kier molecular flexibility index (Phi) is 3.30. The molecule has 0 atom stereocenters. The molecule has 0 unspecified atom stereocenters. The highest BCUT2D eigenvalue weighted by molar-refractivity contribution is 9.10. The number of benzene rings is 1. The number of H-pyrrole nitrogens is 1. The molecule has 7 nitrogen and oxygen atoms in total. The number of nitrogens with zero attached hydrogens (tertiary/aromatic N) is 4. The standard InChI is InChI=1S/C12H8BrN5O2/c13-9-10(19)14-6-15-11(9)20-12-16-7-18(17-12)8-4-2-1-3-5-8/h1-7H,(H,14,15,19). The molecule has 3 rings (SSSR count). The van der Waals surface area contributed by atoms with E-state index in [1.807, 2.05) is 30.3 Å². The maximum Gasteiger partial charge on any atom is 0.342 e. The van der Waals surface area contributed by atoms with Crippen molar-refractivity contribution in [1.82, 2.24) is 24.7 Å². The van der Waals surface area contributed by atoms with Gasteiger partial charge in [0.1, 0.15) is 10.8 Å². The minimum Gasteiger partial charge on any atom is -0.403 e. The molecule has 0 fully saturated rings. The first-order valence-electron chi connectivity index (χ1n) is 5.62. The smallest absolute Gasteiger partial charge is 0.342 e. The zero-order valence-corrected chi connectivity index (χ0v) is 11.6. The predicted octanol–water partition coefficient (Wildman–Crippen LogP) is 1.91. The van der Waals surface area contributed by atoms with Crippen LogP contribution in [-0.2, 0) is 0 Å². The maximum atomic E-state index is 11.4. The summed E-state index contributed by atoms with van der Waals surface area (Å²) >= 11 is 3.10. The Morgan fingerprint density at radius 3 is 2.80 bits per heavy atom. The van der Waals surface area contributed by atoms with Gasteiger partial charge in [-0.3, -0.25) is 4.79 Å². The number of halogens is 1. The quantitative estimate of drug-likeness (QED) is 0.791. The Morgan fingerprint density at radius 2 is 2.00 bits per heavy atom. The molecule has 0 aliphatic rings. The third-order valence-corrected chi connectivity index (χ3v) is 3.14. The number of hydrogen-bond acceptors (Lipinski definition) is 5. The van der Waals surface area contributed by atoms with Gasteiger partial charge in [-0.05, 0) is 28.1 Å². The van der Waals surface area contributed by atoms with E-state index in [1.165, 1.54) is 12.7 Å². The Balaban J connectivity index is 1.88. The fourth-order valence-electron chi connectivity index (χ4n) is 1.52. The van der Waals surface area contributed by atoms with Crippen LogP contribution in [-0.4, -0.2) is 24.7 Å². The molecule has 1 N–H and O–H groups in total. The molecule has 0 aliphatic carbocycles. The van der Waals surface area contributed by atoms with E-state index in [-0.39, 0.29) is 21.9 Å². The first-order valence-corrected chi connectivity index (χ1v) is 6.41. The normalized spacial score (nSPS) is 10.4. The molecular formula is C12H8BrN5O2. The number of aromatic amines is 1. The fraction of sp³-hybridized carbons (Fsp3) is 0. The number of rotatable bonds is 3. The minimum atomic E-state index is -0.336. The van der Waals surface area contributed by atoms with Gasteiger partial charge in [-0.1, -0.05) is 18.2 Å². The highest BCUT2D eigenvalue weighted by Crippen LogP contribution is 2.21. The molecule has 20 heavy (non-hydrogen) atoms. The van der Waals surface area contributed by atoms with Crippen LogP contribution in [0.3, 0.4) is 0 Å². The van der Waals surface area contributed by atoms with Gasteiger partial charge >= 0.3 is 6.01 Å². The van der Waals surface area contributed by atoms with E-state index in [0.29, 0.717) is 0 Å². The summed E-state index contributed by atoms with van der Waals surface area (Å²) < 4.78 is 7.13. The van der Waals surface area contributed by atoms with Crippen LogP contribution in [0.15, 0.2) is 52.3 Å². The maximum absolute atomic E-state index is 11.4. The van der Waals surface area contributed by atoms with Crippen molar-refractivity contribution in [2.45, 2.75) is 0 Å². The molecule has 3 aromatic rings. The van der Waals surface area contributed by atoms with Crippen LogP contribution in [0.5, 0.6) is 11.9 Å². The third-order valence-electron chi connectivity index (χ3n) is 2.44. The summed E-state index contributed by atoms with van der Waals surface area (Å²) in [5.74, 6) is 0.111. The van der Waals surface area contributed by atoms with Crippen molar-refractivity contribution in [1.29, 1.82) is 0 Å². The van der Waals surface area contributed by atoms with E-state index >= 15 is 0 Å². The van der Waals surface area contributed by atoms with Gasteiger partial charge in [-0.25, -0.2) is 9.67 Å². The van der Waals surface area contributed by atoms with E-state index in [9.17, 15) is 4.79 Å². The Morgan fingerprint density at radius 1 is 1.20 bits per heavy atom. The molecule has 0 spiro atoms. The molecule has 0 radical (unpaired) electrons. The lowest BCUT2D eigenvalue weighted by Crippen LogP contribution is -2.08. The Hall–Kier alpha value is -2.48. The molecule has 8 heteroatoms. The SMILES string of the molecule is O=c1[nH]cnc(Oc2ncn(-c3ccccc3)n2)c1Br. The van der Waals surface area contributed by atoms with Crippen molar-refractivity contribution in [3.63, 3.8) is 0 Å². The summed E-state index contributed by atoms with van der Waals surface area (Å²) in [6, 6.07) is 9.58. The first-order chi connectivity index (χ1) is 9.74. The molecule has 2 aromatic heterocycles. The van der Waals surface area contributed by atoms with Crippen LogP contribution < -0.4 is 10.3 Å². The van der Waals surface area contributed by atoms with E-state index in [0.717, 1.165) is 5.69 Å². The zero-order chi connectivity index (χ0) is 13.9. The van der Waals surface area contributed by atoms with Gasteiger partial charge < -0.3 is 9.72 Å². The minimum absolute atomic E-state index is 0.104. The number of nitrogens with one attached hydrogen (secondary N) is 1. The van der Waals surface area contributed by atoms with Gasteiger partial charge in [-0.2, -0.15) is 4.98 Å². The second-order valence-corrected chi connectivity index (χ2v) is 4.55. The summed E-state index contributed by atoms with van der Waals surface area (Å²) in [5, 5.41) is 4.16. The number of hydrogen-bond donors (Lipinski definition) is 1. The third kappa shape index (κ3) is 2.45. The highest BCUT2D eigenvalue weighted by Gasteiger charge is 2.11. The predicted molar refractivity (Wildman–Crippen MR) is 74.0 cm³/mol. The topological polar surface area (TPSA) is 85.7 Å². The second-order valence-electron chi connectivity index (χ2n) is 3.76.